The summed E-state index contributed by atoms with van der Waals surface area (Å²) < 4.78 is 12.6. The van der Waals surface area contributed by atoms with Crippen LogP contribution in [0.25, 0.3) is 0 Å². The lowest BCUT2D eigenvalue weighted by Gasteiger charge is -2.09. The van der Waals surface area contributed by atoms with Gasteiger partial charge in [0.25, 0.3) is 11.8 Å². The van der Waals surface area contributed by atoms with E-state index in [9.17, 15) is 14.0 Å². The Balaban J connectivity index is 4.36. The van der Waals surface area contributed by atoms with Crippen molar-refractivity contribution >= 4 is 21.2 Å². The summed E-state index contributed by atoms with van der Waals surface area (Å²) in [6, 6.07) is 0. The highest BCUT2D eigenvalue weighted by Crippen LogP contribution is 2.06. The summed E-state index contributed by atoms with van der Waals surface area (Å²) in [7, 11) is 1.76. The van der Waals surface area contributed by atoms with Crippen LogP contribution < -0.4 is 0 Å². The molecule has 60 valence electrons. The summed E-state index contributed by atoms with van der Waals surface area (Å²) >= 11 is 0. The normalized spacial score (nSPS) is 8.55. The zero-order chi connectivity index (χ0) is 9.02. The predicted molar refractivity (Wildman–Crippen MR) is 42.0 cm³/mol. The van der Waals surface area contributed by atoms with Crippen LogP contribution in [0.15, 0.2) is 25.1 Å². The Morgan fingerprint density at radius 1 is 1.55 bits per heavy atom. The lowest BCUT2D eigenvalue weighted by atomic mass is 10.5. The first-order valence-electron chi connectivity index (χ1n) is 2.60. The van der Waals surface area contributed by atoms with Gasteiger partial charge >= 0.3 is 0 Å². The first-order valence-corrected chi connectivity index (χ1v) is 3.12. The zero-order valence-corrected chi connectivity index (χ0v) is 6.87. The number of carbonyl (C=O) groups excluding carboxylic acids is 2. The lowest BCUT2D eigenvalue weighted by Crippen LogP contribution is -2.25. The highest BCUT2D eigenvalue weighted by molar-refractivity contribution is 7.16. The van der Waals surface area contributed by atoms with E-state index in [1.165, 1.54) is 0 Å². The molecular formula is C6H7FNO2P. The molecule has 0 bridgehead atoms. The van der Waals surface area contributed by atoms with Crippen LogP contribution in [0.5, 0.6) is 0 Å². The second-order valence-electron chi connectivity index (χ2n) is 1.62. The molecule has 0 radical (unpaired) electrons. The minimum absolute atomic E-state index is 0.509. The molecular weight excluding hydrogens is 168 g/mol. The SMILES string of the molecule is C=CC(=O)N(P)C(=O)C(=C)F. The van der Waals surface area contributed by atoms with E-state index in [1.807, 2.05) is 0 Å². The van der Waals surface area contributed by atoms with Gasteiger partial charge in [0.05, 0.1) is 0 Å². The molecule has 1 atom stereocenters. The number of hydrogen-bond acceptors (Lipinski definition) is 2. The molecule has 0 aromatic rings. The smallest absolute Gasteiger partial charge is 0.269 e. The van der Waals surface area contributed by atoms with Crippen molar-refractivity contribution in [2.75, 3.05) is 0 Å². The number of nitrogens with zero attached hydrogens (tertiary/aromatic N) is 1. The fraction of sp³-hybridized carbons (Fsp3) is 0. The molecule has 3 nitrogen and oxygen atoms in total. The van der Waals surface area contributed by atoms with E-state index in [-0.39, 0.29) is 0 Å². The molecule has 0 aliphatic heterocycles. The van der Waals surface area contributed by atoms with Crippen LogP contribution in [-0.2, 0) is 9.59 Å². The number of imide groups is 1. The third-order valence-electron chi connectivity index (χ3n) is 0.863. The lowest BCUT2D eigenvalue weighted by molar-refractivity contribution is -0.133. The summed E-state index contributed by atoms with van der Waals surface area (Å²) in [6.45, 7) is 5.85. The maximum absolute atomic E-state index is 12.1. The first-order chi connectivity index (χ1) is 5.00. The third kappa shape index (κ3) is 2.60. The molecule has 0 saturated carbocycles. The van der Waals surface area contributed by atoms with Gasteiger partial charge in [0.15, 0.2) is 5.83 Å². The predicted octanol–water partition coefficient (Wildman–Crippen LogP) is 0.801. The monoisotopic (exact) mass is 175 g/mol. The zero-order valence-electron chi connectivity index (χ0n) is 5.71. The van der Waals surface area contributed by atoms with E-state index in [1.54, 1.807) is 9.39 Å². The van der Waals surface area contributed by atoms with Crippen LogP contribution in [0.4, 0.5) is 4.39 Å². The average Bonchev–Trinajstić information content (AvgIpc) is 2.00. The van der Waals surface area contributed by atoms with Crippen LogP contribution in [-0.4, -0.2) is 16.5 Å². The Kier molecular flexibility index (Phi) is 3.61. The van der Waals surface area contributed by atoms with Crippen LogP contribution >= 0.6 is 9.39 Å². The molecule has 1 unspecified atom stereocenters. The molecule has 0 N–H and O–H groups in total. The molecule has 0 aromatic carbocycles. The molecule has 0 fully saturated rings. The van der Waals surface area contributed by atoms with Crippen LogP contribution in [0, 0.1) is 0 Å². The van der Waals surface area contributed by atoms with E-state index in [0.29, 0.717) is 4.67 Å². The number of rotatable bonds is 2. The highest BCUT2D eigenvalue weighted by atomic mass is 31.0. The minimum atomic E-state index is -1.18. The van der Waals surface area contributed by atoms with Gasteiger partial charge in [-0.3, -0.25) is 14.3 Å². The molecule has 0 saturated heterocycles. The van der Waals surface area contributed by atoms with Gasteiger partial charge in [-0.15, -0.1) is 0 Å². The van der Waals surface area contributed by atoms with Crippen molar-refractivity contribution in [2.45, 2.75) is 0 Å². The maximum Gasteiger partial charge on any atom is 0.291 e. The van der Waals surface area contributed by atoms with Crippen molar-refractivity contribution in [3.05, 3.63) is 25.1 Å². The molecule has 0 aliphatic carbocycles. The highest BCUT2D eigenvalue weighted by Gasteiger charge is 2.16. The number of hydrogen-bond donors (Lipinski definition) is 0. The van der Waals surface area contributed by atoms with E-state index in [0.717, 1.165) is 6.08 Å². The summed E-state index contributed by atoms with van der Waals surface area (Å²) in [5, 5.41) is 0. The number of amides is 2. The van der Waals surface area contributed by atoms with Gasteiger partial charge in [0, 0.05) is 0 Å². The molecule has 0 aliphatic rings. The number of carbonyl (C=O) groups is 2. The van der Waals surface area contributed by atoms with E-state index in [4.69, 9.17) is 0 Å². The maximum atomic E-state index is 12.1. The van der Waals surface area contributed by atoms with Crippen LogP contribution in [0.2, 0.25) is 0 Å². The third-order valence-corrected chi connectivity index (χ3v) is 1.35. The molecule has 5 heteroatoms. The summed E-state index contributed by atoms with van der Waals surface area (Å²) in [5.41, 5.74) is 0. The molecule has 2 amide bonds. The van der Waals surface area contributed by atoms with Crippen molar-refractivity contribution < 1.29 is 14.0 Å². The Labute approximate surface area is 65.8 Å². The first kappa shape index (κ1) is 9.98. The Bertz CT molecular complexity index is 227. The number of halogens is 1. The van der Waals surface area contributed by atoms with Gasteiger partial charge in [-0.05, 0) is 15.5 Å². The van der Waals surface area contributed by atoms with E-state index in [2.05, 4.69) is 13.2 Å². The Morgan fingerprint density at radius 2 is 2.00 bits per heavy atom. The van der Waals surface area contributed by atoms with Crippen LogP contribution in [0.1, 0.15) is 0 Å². The van der Waals surface area contributed by atoms with Gasteiger partial charge < -0.3 is 0 Å². The fourth-order valence-corrected chi connectivity index (χ4v) is 0.575. The second kappa shape index (κ2) is 3.98. The van der Waals surface area contributed by atoms with Crippen LogP contribution in [0.3, 0.4) is 0 Å². The van der Waals surface area contributed by atoms with Gasteiger partial charge in [0.2, 0.25) is 0 Å². The van der Waals surface area contributed by atoms with Crippen molar-refractivity contribution in [1.82, 2.24) is 4.67 Å². The minimum Gasteiger partial charge on any atom is -0.269 e. The second-order valence-corrected chi connectivity index (χ2v) is 2.14. The van der Waals surface area contributed by atoms with Gasteiger partial charge in [-0.1, -0.05) is 13.2 Å². The molecule has 0 rings (SSSR count). The molecule has 0 heterocycles. The fourth-order valence-electron chi connectivity index (χ4n) is 0.329. The van der Waals surface area contributed by atoms with Gasteiger partial charge in [-0.2, -0.15) is 0 Å². The topological polar surface area (TPSA) is 37.4 Å². The average molecular weight is 175 g/mol. The largest absolute Gasteiger partial charge is 0.291 e. The Hall–Kier alpha value is -1.02. The molecule has 0 spiro atoms. The summed E-state index contributed by atoms with van der Waals surface area (Å²) in [6.07, 6.45) is 0.897. The molecule has 0 aromatic heterocycles. The van der Waals surface area contributed by atoms with Gasteiger partial charge in [0.1, 0.15) is 0 Å². The molecule has 11 heavy (non-hydrogen) atoms. The van der Waals surface area contributed by atoms with E-state index < -0.39 is 17.6 Å². The Morgan fingerprint density at radius 3 is 2.27 bits per heavy atom. The van der Waals surface area contributed by atoms with Crippen molar-refractivity contribution in [1.29, 1.82) is 0 Å². The summed E-state index contributed by atoms with van der Waals surface area (Å²) in [4.78, 5) is 21.2. The van der Waals surface area contributed by atoms with Gasteiger partial charge in [-0.25, -0.2) is 4.39 Å². The standard InChI is InChI=1S/C6H7FNO2P/c1-3-5(9)8(11)6(10)4(2)7/h3H,1-2,11H2. The van der Waals surface area contributed by atoms with E-state index >= 15 is 0 Å². The van der Waals surface area contributed by atoms with Crippen molar-refractivity contribution in [3.63, 3.8) is 0 Å². The van der Waals surface area contributed by atoms with Crippen molar-refractivity contribution in [2.24, 2.45) is 0 Å². The quantitative estimate of drug-likeness (QED) is 0.459. The van der Waals surface area contributed by atoms with Crippen molar-refractivity contribution in [3.8, 4) is 0 Å². The summed E-state index contributed by atoms with van der Waals surface area (Å²) in [5.74, 6) is -2.96.